The Bertz CT molecular complexity index is 448. The number of fused-ring (bicyclic) bond motifs is 1. The van der Waals surface area contributed by atoms with Gasteiger partial charge < -0.3 is 10.1 Å². The molecule has 1 heterocycles. The van der Waals surface area contributed by atoms with E-state index in [1.54, 1.807) is 0 Å². The van der Waals surface area contributed by atoms with Crippen LogP contribution < -0.4 is 5.32 Å². The van der Waals surface area contributed by atoms with Crippen LogP contribution in [0.1, 0.15) is 56.7 Å². The van der Waals surface area contributed by atoms with Crippen molar-refractivity contribution in [2.45, 2.75) is 51.0 Å². The fourth-order valence-corrected chi connectivity index (χ4v) is 3.68. The summed E-state index contributed by atoms with van der Waals surface area (Å²) < 4.78 is 5.45. The van der Waals surface area contributed by atoms with Crippen LogP contribution in [0.4, 0.5) is 0 Å². The van der Waals surface area contributed by atoms with Crippen molar-refractivity contribution in [3.05, 3.63) is 35.4 Å². The molecule has 110 valence electrons. The molecule has 20 heavy (non-hydrogen) atoms. The Hall–Kier alpha value is -0.860. The maximum atomic E-state index is 5.45. The van der Waals surface area contributed by atoms with Crippen LogP contribution in [-0.2, 0) is 10.2 Å². The Morgan fingerprint density at radius 3 is 2.70 bits per heavy atom. The highest BCUT2D eigenvalue weighted by Crippen LogP contribution is 2.41. The lowest BCUT2D eigenvalue weighted by Crippen LogP contribution is -2.36. The molecule has 1 aliphatic heterocycles. The highest BCUT2D eigenvalue weighted by atomic mass is 16.5. The molecule has 1 atom stereocenters. The van der Waals surface area contributed by atoms with E-state index in [4.69, 9.17) is 4.74 Å². The van der Waals surface area contributed by atoms with Gasteiger partial charge in [0.25, 0.3) is 0 Å². The molecule has 0 bridgehead atoms. The zero-order chi connectivity index (χ0) is 14.0. The Balaban J connectivity index is 1.68. The van der Waals surface area contributed by atoms with Crippen LogP contribution in [0.2, 0.25) is 0 Å². The molecule has 2 heteroatoms. The Morgan fingerprint density at radius 1 is 1.15 bits per heavy atom. The summed E-state index contributed by atoms with van der Waals surface area (Å²) in [5.41, 5.74) is 3.39. The first-order valence-corrected chi connectivity index (χ1v) is 8.07. The van der Waals surface area contributed by atoms with E-state index in [0.29, 0.717) is 11.5 Å². The van der Waals surface area contributed by atoms with E-state index in [1.165, 1.54) is 36.8 Å². The summed E-state index contributed by atoms with van der Waals surface area (Å²) in [7, 11) is 0. The van der Waals surface area contributed by atoms with E-state index >= 15 is 0 Å². The van der Waals surface area contributed by atoms with E-state index in [9.17, 15) is 0 Å². The Labute approximate surface area is 122 Å². The molecule has 1 aliphatic carbocycles. The average Bonchev–Trinajstić information content (AvgIpc) is 2.48. The molecule has 2 aliphatic rings. The number of benzene rings is 1. The third kappa shape index (κ3) is 2.91. The Kier molecular flexibility index (Phi) is 4.13. The molecule has 1 unspecified atom stereocenters. The first-order chi connectivity index (χ1) is 9.67. The molecule has 1 fully saturated rings. The van der Waals surface area contributed by atoms with Crippen molar-refractivity contribution in [2.24, 2.45) is 5.92 Å². The molecule has 0 spiro atoms. The van der Waals surface area contributed by atoms with Crippen LogP contribution >= 0.6 is 0 Å². The van der Waals surface area contributed by atoms with Gasteiger partial charge in [-0.1, -0.05) is 38.1 Å². The first-order valence-electron chi connectivity index (χ1n) is 8.07. The van der Waals surface area contributed by atoms with Crippen LogP contribution in [0.25, 0.3) is 0 Å². The molecule has 0 radical (unpaired) electrons. The van der Waals surface area contributed by atoms with Crippen molar-refractivity contribution in [3.8, 4) is 0 Å². The van der Waals surface area contributed by atoms with Crippen molar-refractivity contribution in [3.63, 3.8) is 0 Å². The van der Waals surface area contributed by atoms with Gasteiger partial charge in [-0.15, -0.1) is 0 Å². The normalized spacial score (nSPS) is 26.2. The third-order valence-corrected chi connectivity index (χ3v) is 5.12. The molecule has 1 aromatic rings. The second-order valence-corrected chi connectivity index (χ2v) is 7.03. The predicted molar refractivity (Wildman–Crippen MR) is 83.0 cm³/mol. The van der Waals surface area contributed by atoms with Crippen LogP contribution in [0.5, 0.6) is 0 Å². The highest BCUT2D eigenvalue weighted by molar-refractivity contribution is 5.38. The van der Waals surface area contributed by atoms with Gasteiger partial charge in [0.15, 0.2) is 0 Å². The van der Waals surface area contributed by atoms with Crippen molar-refractivity contribution >= 4 is 0 Å². The van der Waals surface area contributed by atoms with Gasteiger partial charge in [-0.05, 0) is 54.7 Å². The van der Waals surface area contributed by atoms with Gasteiger partial charge in [-0.25, -0.2) is 0 Å². The number of ether oxygens (including phenoxy) is 1. The largest absolute Gasteiger partial charge is 0.381 e. The zero-order valence-electron chi connectivity index (χ0n) is 12.8. The van der Waals surface area contributed by atoms with Crippen LogP contribution in [0.3, 0.4) is 0 Å². The smallest absolute Gasteiger partial charge is 0.0469 e. The topological polar surface area (TPSA) is 21.3 Å². The van der Waals surface area contributed by atoms with Gasteiger partial charge in [0.2, 0.25) is 0 Å². The van der Waals surface area contributed by atoms with E-state index in [-0.39, 0.29) is 0 Å². The van der Waals surface area contributed by atoms with Crippen molar-refractivity contribution in [2.75, 3.05) is 19.8 Å². The standard InChI is InChI=1S/C18H27NO/c1-18(2)10-7-17(15-5-3-4-6-16(15)18)19-13-14-8-11-20-12-9-14/h3-6,14,17,19H,7-13H2,1-2H3. The highest BCUT2D eigenvalue weighted by Gasteiger charge is 2.32. The molecule has 1 N–H and O–H groups in total. The van der Waals surface area contributed by atoms with Crippen molar-refractivity contribution in [1.82, 2.24) is 5.32 Å². The van der Waals surface area contributed by atoms with Crippen LogP contribution in [0, 0.1) is 5.92 Å². The summed E-state index contributed by atoms with van der Waals surface area (Å²) in [4.78, 5) is 0. The molecule has 1 saturated heterocycles. The van der Waals surface area contributed by atoms with Crippen molar-refractivity contribution in [1.29, 1.82) is 0 Å². The summed E-state index contributed by atoms with van der Waals surface area (Å²) in [6.07, 6.45) is 4.96. The van der Waals surface area contributed by atoms with Gasteiger partial charge in [-0.3, -0.25) is 0 Å². The molecule has 0 amide bonds. The molecule has 0 aromatic heterocycles. The average molecular weight is 273 g/mol. The summed E-state index contributed by atoms with van der Waals surface area (Å²) in [5.74, 6) is 0.797. The molecule has 2 nitrogen and oxygen atoms in total. The third-order valence-electron chi connectivity index (χ3n) is 5.12. The molecule has 1 aromatic carbocycles. The van der Waals surface area contributed by atoms with Gasteiger partial charge in [0, 0.05) is 19.3 Å². The lowest BCUT2D eigenvalue weighted by molar-refractivity contribution is 0.0651. The number of rotatable bonds is 3. The SMILES string of the molecule is CC1(C)CCC(NCC2CCOCC2)c2ccccc21. The number of nitrogens with one attached hydrogen (secondary N) is 1. The fourth-order valence-electron chi connectivity index (χ4n) is 3.68. The predicted octanol–water partition coefficient (Wildman–Crippen LogP) is 3.82. The fraction of sp³-hybridized carbons (Fsp3) is 0.667. The minimum atomic E-state index is 0.327. The van der Waals surface area contributed by atoms with Gasteiger partial charge in [-0.2, -0.15) is 0 Å². The first kappa shape index (κ1) is 14.1. The van der Waals surface area contributed by atoms with E-state index < -0.39 is 0 Å². The molecule has 3 rings (SSSR count). The van der Waals surface area contributed by atoms with Crippen LogP contribution in [0.15, 0.2) is 24.3 Å². The maximum absolute atomic E-state index is 5.45. The van der Waals surface area contributed by atoms with Gasteiger partial charge in [0.1, 0.15) is 0 Å². The lowest BCUT2D eigenvalue weighted by atomic mass is 9.71. The summed E-state index contributed by atoms with van der Waals surface area (Å²) in [6.45, 7) is 7.78. The van der Waals surface area contributed by atoms with Gasteiger partial charge in [0.05, 0.1) is 0 Å². The number of hydrogen-bond donors (Lipinski definition) is 1. The minimum absolute atomic E-state index is 0.327. The monoisotopic (exact) mass is 273 g/mol. The zero-order valence-corrected chi connectivity index (χ0v) is 12.8. The van der Waals surface area contributed by atoms with Gasteiger partial charge >= 0.3 is 0 Å². The summed E-state index contributed by atoms with van der Waals surface area (Å²) in [6, 6.07) is 9.54. The molecule has 0 saturated carbocycles. The van der Waals surface area contributed by atoms with Crippen molar-refractivity contribution < 1.29 is 4.74 Å². The minimum Gasteiger partial charge on any atom is -0.381 e. The maximum Gasteiger partial charge on any atom is 0.0469 e. The second kappa shape index (κ2) is 5.87. The molecular formula is C18H27NO. The second-order valence-electron chi connectivity index (χ2n) is 7.03. The Morgan fingerprint density at radius 2 is 1.90 bits per heavy atom. The quantitative estimate of drug-likeness (QED) is 0.904. The number of hydrogen-bond acceptors (Lipinski definition) is 2. The van der Waals surface area contributed by atoms with Crippen LogP contribution in [-0.4, -0.2) is 19.8 Å². The summed E-state index contributed by atoms with van der Waals surface area (Å²) >= 11 is 0. The lowest BCUT2D eigenvalue weighted by Gasteiger charge is -2.38. The summed E-state index contributed by atoms with van der Waals surface area (Å²) in [5, 5.41) is 3.83. The molecular weight excluding hydrogens is 246 g/mol. The van der Waals surface area contributed by atoms with E-state index in [1.807, 2.05) is 0 Å². The van der Waals surface area contributed by atoms with E-state index in [0.717, 1.165) is 25.7 Å². The van der Waals surface area contributed by atoms with E-state index in [2.05, 4.69) is 43.4 Å².